The summed E-state index contributed by atoms with van der Waals surface area (Å²) in [6, 6.07) is 2.50. The molecule has 1 atom stereocenters. The highest BCUT2D eigenvalue weighted by Gasteiger charge is 2.23. The van der Waals surface area contributed by atoms with Crippen molar-refractivity contribution in [2.75, 3.05) is 6.61 Å². The van der Waals surface area contributed by atoms with Crippen molar-refractivity contribution in [3.8, 4) is 5.75 Å². The summed E-state index contributed by atoms with van der Waals surface area (Å²) in [5.41, 5.74) is 2.53. The molecule has 1 N–H and O–H groups in total. The Kier molecular flexibility index (Phi) is 5.72. The van der Waals surface area contributed by atoms with Crippen LogP contribution < -0.4 is 20.8 Å². The molecule has 0 aliphatic heterocycles. The quantitative estimate of drug-likeness (QED) is 0.718. The molecule has 0 unspecified atom stereocenters. The predicted octanol–water partition coefficient (Wildman–Crippen LogP) is 1.25. The molecule has 0 saturated heterocycles. The van der Waals surface area contributed by atoms with Gasteiger partial charge in [0.05, 0.1) is 17.4 Å². The fraction of sp³-hybridized carbons (Fsp3) is 0.476. The van der Waals surface area contributed by atoms with Crippen LogP contribution >= 0.6 is 0 Å². The number of hydrogen-bond acceptors (Lipinski definition) is 6. The Balaban J connectivity index is 1.83. The number of rotatable bonds is 7. The van der Waals surface area contributed by atoms with Gasteiger partial charge >= 0.3 is 5.63 Å². The first-order chi connectivity index (χ1) is 13.3. The summed E-state index contributed by atoms with van der Waals surface area (Å²) in [6.45, 7) is 5.24. The maximum Gasteiger partial charge on any atom is 0.339 e. The Morgan fingerprint density at radius 1 is 1.25 bits per heavy atom. The molecule has 7 nitrogen and oxygen atoms in total. The maximum absolute atomic E-state index is 12.2. The van der Waals surface area contributed by atoms with Crippen molar-refractivity contribution in [3.63, 3.8) is 0 Å². The van der Waals surface area contributed by atoms with Crippen LogP contribution in [0.25, 0.3) is 11.0 Å². The summed E-state index contributed by atoms with van der Waals surface area (Å²) >= 11 is 0. The standard InChI is InChI=1S/C21H25NO6/c1-11(2)7-15(20(24)25)22-18(23)10-27-16-8-12(3)9-17-19(16)13-5-4-6-14(13)21(26)28-17/h8-9,11,15H,4-7,10H2,1-3H3,(H,22,23)(H,24,25)/p-1/t15-/m0/s1. The van der Waals surface area contributed by atoms with Gasteiger partial charge in [0.1, 0.15) is 11.3 Å². The fourth-order valence-corrected chi connectivity index (χ4v) is 3.68. The average Bonchev–Trinajstić information content (AvgIpc) is 3.08. The summed E-state index contributed by atoms with van der Waals surface area (Å²) in [4.78, 5) is 35.6. The topological polar surface area (TPSA) is 109 Å². The van der Waals surface area contributed by atoms with E-state index in [0.29, 0.717) is 28.7 Å². The molecule has 1 heterocycles. The van der Waals surface area contributed by atoms with Crippen LogP contribution in [0.15, 0.2) is 21.3 Å². The largest absolute Gasteiger partial charge is 0.548 e. The Labute approximate surface area is 162 Å². The van der Waals surface area contributed by atoms with Gasteiger partial charge in [-0.3, -0.25) is 4.79 Å². The van der Waals surface area contributed by atoms with Crippen LogP contribution in [0.1, 0.15) is 43.4 Å². The molecule has 150 valence electrons. The zero-order valence-electron chi connectivity index (χ0n) is 16.3. The molecule has 28 heavy (non-hydrogen) atoms. The summed E-state index contributed by atoms with van der Waals surface area (Å²) in [7, 11) is 0. The lowest BCUT2D eigenvalue weighted by Gasteiger charge is -2.21. The molecule has 0 bridgehead atoms. The van der Waals surface area contributed by atoms with Crippen molar-refractivity contribution in [2.45, 2.75) is 52.5 Å². The Morgan fingerprint density at radius 2 is 1.96 bits per heavy atom. The molecule has 0 radical (unpaired) electrons. The van der Waals surface area contributed by atoms with Crippen LogP contribution in [-0.2, 0) is 22.4 Å². The predicted molar refractivity (Wildman–Crippen MR) is 101 cm³/mol. The first kappa shape index (κ1) is 19.9. The normalized spacial score (nSPS) is 14.1. The molecular formula is C21H24NO6-. The van der Waals surface area contributed by atoms with Crippen molar-refractivity contribution in [2.24, 2.45) is 5.92 Å². The number of carbonyl (C=O) groups excluding carboxylic acids is 2. The van der Waals surface area contributed by atoms with Gasteiger partial charge in [-0.1, -0.05) is 13.8 Å². The van der Waals surface area contributed by atoms with E-state index >= 15 is 0 Å². The smallest absolute Gasteiger partial charge is 0.339 e. The lowest BCUT2D eigenvalue weighted by molar-refractivity contribution is -0.308. The third kappa shape index (κ3) is 4.18. The molecule has 0 saturated carbocycles. The third-order valence-corrected chi connectivity index (χ3v) is 4.86. The van der Waals surface area contributed by atoms with Gasteiger partial charge in [0.15, 0.2) is 6.61 Å². The van der Waals surface area contributed by atoms with Gasteiger partial charge < -0.3 is 24.4 Å². The number of carboxylic acid groups (broad SMARTS) is 1. The minimum absolute atomic E-state index is 0.0929. The minimum Gasteiger partial charge on any atom is -0.548 e. The summed E-state index contributed by atoms with van der Waals surface area (Å²) in [5.74, 6) is -1.31. The van der Waals surface area contributed by atoms with Crippen molar-refractivity contribution in [1.82, 2.24) is 5.32 Å². The van der Waals surface area contributed by atoms with E-state index in [1.807, 2.05) is 20.8 Å². The summed E-state index contributed by atoms with van der Waals surface area (Å²) < 4.78 is 11.2. The van der Waals surface area contributed by atoms with E-state index in [0.717, 1.165) is 24.0 Å². The number of aliphatic carboxylic acids is 1. The zero-order valence-corrected chi connectivity index (χ0v) is 16.3. The van der Waals surface area contributed by atoms with Gasteiger partial charge in [-0.05, 0) is 61.8 Å². The lowest BCUT2D eigenvalue weighted by atomic mass is 10.0. The number of ether oxygens (including phenoxy) is 1. The molecule has 1 aromatic carbocycles. The summed E-state index contributed by atoms with van der Waals surface area (Å²) in [5, 5.41) is 14.4. The molecule has 1 aliphatic rings. The highest BCUT2D eigenvalue weighted by molar-refractivity contribution is 5.89. The van der Waals surface area contributed by atoms with E-state index in [9.17, 15) is 19.5 Å². The number of carboxylic acids is 1. The Morgan fingerprint density at radius 3 is 2.64 bits per heavy atom. The van der Waals surface area contributed by atoms with Gasteiger partial charge in [0, 0.05) is 5.56 Å². The lowest BCUT2D eigenvalue weighted by Crippen LogP contribution is -2.49. The second-order valence-corrected chi connectivity index (χ2v) is 7.69. The van der Waals surface area contributed by atoms with Gasteiger partial charge in [-0.25, -0.2) is 4.79 Å². The van der Waals surface area contributed by atoms with Crippen molar-refractivity contribution in [1.29, 1.82) is 0 Å². The van der Waals surface area contributed by atoms with Crippen molar-refractivity contribution < 1.29 is 23.8 Å². The van der Waals surface area contributed by atoms with Crippen LogP contribution in [0.3, 0.4) is 0 Å². The molecular weight excluding hydrogens is 362 g/mol. The number of fused-ring (bicyclic) bond motifs is 3. The molecule has 0 fully saturated rings. The molecule has 2 aromatic rings. The minimum atomic E-state index is -1.32. The molecule has 1 aromatic heterocycles. The van der Waals surface area contributed by atoms with Crippen LogP contribution in [0.2, 0.25) is 0 Å². The van der Waals surface area contributed by atoms with Gasteiger partial charge in [-0.2, -0.15) is 0 Å². The SMILES string of the molecule is Cc1cc(OCC(=O)N[C@@H](CC(C)C)C(=O)[O-])c2c3c(c(=O)oc2c1)CCC3. The first-order valence-corrected chi connectivity index (χ1v) is 9.48. The molecule has 1 amide bonds. The van der Waals surface area contributed by atoms with Crippen LogP contribution in [0.4, 0.5) is 0 Å². The number of carbonyl (C=O) groups is 2. The number of hydrogen-bond donors (Lipinski definition) is 1. The van der Waals surface area contributed by atoms with E-state index in [1.54, 1.807) is 12.1 Å². The molecule has 3 rings (SSSR count). The van der Waals surface area contributed by atoms with Gasteiger partial charge in [0.25, 0.3) is 5.91 Å². The fourth-order valence-electron chi connectivity index (χ4n) is 3.68. The second-order valence-electron chi connectivity index (χ2n) is 7.69. The molecule has 1 aliphatic carbocycles. The van der Waals surface area contributed by atoms with Gasteiger partial charge in [-0.15, -0.1) is 0 Å². The maximum atomic E-state index is 12.2. The summed E-state index contributed by atoms with van der Waals surface area (Å²) in [6.07, 6.45) is 2.57. The van der Waals surface area contributed by atoms with E-state index < -0.39 is 17.9 Å². The Bertz CT molecular complexity index is 975. The molecule has 0 spiro atoms. The number of aryl methyl sites for hydroxylation is 2. The van der Waals surface area contributed by atoms with E-state index in [1.165, 1.54) is 0 Å². The molecule has 7 heteroatoms. The Hall–Kier alpha value is -2.83. The van der Waals surface area contributed by atoms with Crippen LogP contribution in [-0.4, -0.2) is 24.5 Å². The zero-order chi connectivity index (χ0) is 20.4. The van der Waals surface area contributed by atoms with Crippen molar-refractivity contribution >= 4 is 22.8 Å². The number of amides is 1. The third-order valence-electron chi connectivity index (χ3n) is 4.86. The van der Waals surface area contributed by atoms with Crippen LogP contribution in [0.5, 0.6) is 5.75 Å². The number of nitrogens with one attached hydrogen (secondary N) is 1. The highest BCUT2D eigenvalue weighted by Crippen LogP contribution is 2.35. The van der Waals surface area contributed by atoms with Crippen LogP contribution in [0, 0.1) is 12.8 Å². The first-order valence-electron chi connectivity index (χ1n) is 9.48. The second kappa shape index (κ2) is 8.04. The van der Waals surface area contributed by atoms with Crippen molar-refractivity contribution in [3.05, 3.63) is 39.2 Å². The average molecular weight is 386 g/mol. The van der Waals surface area contributed by atoms with E-state index in [2.05, 4.69) is 5.32 Å². The van der Waals surface area contributed by atoms with E-state index in [4.69, 9.17) is 9.15 Å². The van der Waals surface area contributed by atoms with Gasteiger partial charge in [0.2, 0.25) is 0 Å². The highest BCUT2D eigenvalue weighted by atomic mass is 16.5. The number of benzene rings is 1. The monoisotopic (exact) mass is 386 g/mol. The van der Waals surface area contributed by atoms with E-state index in [-0.39, 0.29) is 24.6 Å².